The maximum atomic E-state index is 4.57. The predicted octanol–water partition coefficient (Wildman–Crippen LogP) is 4.82. The first kappa shape index (κ1) is 11.8. The molecule has 0 saturated heterocycles. The Hall–Kier alpha value is -1.26. The Kier molecular flexibility index (Phi) is 3.14. The minimum Gasteiger partial charge on any atom is -0.235 e. The van der Waals surface area contributed by atoms with E-state index in [0.717, 1.165) is 31.2 Å². The lowest BCUT2D eigenvalue weighted by Crippen LogP contribution is -1.87. The van der Waals surface area contributed by atoms with Crippen molar-refractivity contribution in [3.63, 3.8) is 0 Å². The van der Waals surface area contributed by atoms with E-state index in [1.54, 1.807) is 6.20 Å². The van der Waals surface area contributed by atoms with E-state index in [1.807, 2.05) is 42.5 Å². The van der Waals surface area contributed by atoms with Crippen LogP contribution in [0, 0.1) is 0 Å². The second kappa shape index (κ2) is 4.78. The van der Waals surface area contributed by atoms with Gasteiger partial charge in [0.1, 0.15) is 0 Å². The van der Waals surface area contributed by atoms with Crippen molar-refractivity contribution in [3.05, 3.63) is 57.6 Å². The minimum absolute atomic E-state index is 0.763. The number of halogens is 2. The third-order valence-corrected chi connectivity index (χ3v) is 3.61. The normalized spacial score (nSPS) is 10.8. The van der Waals surface area contributed by atoms with Gasteiger partial charge in [-0.25, -0.2) is 9.97 Å². The molecule has 1 aromatic carbocycles. The summed E-state index contributed by atoms with van der Waals surface area (Å²) in [5, 5.41) is 1.03. The SMILES string of the molecule is Brc1ccc(-c2ccc3cc(Br)cnc3n2)cc1. The zero-order chi connectivity index (χ0) is 12.5. The van der Waals surface area contributed by atoms with E-state index in [0.29, 0.717) is 0 Å². The molecule has 0 atom stereocenters. The molecular weight excluding hydrogens is 356 g/mol. The van der Waals surface area contributed by atoms with Gasteiger partial charge in [-0.1, -0.05) is 28.1 Å². The zero-order valence-corrected chi connectivity index (χ0v) is 12.4. The zero-order valence-electron chi connectivity index (χ0n) is 9.27. The number of hydrogen-bond acceptors (Lipinski definition) is 2. The molecule has 0 bridgehead atoms. The largest absolute Gasteiger partial charge is 0.235 e. The van der Waals surface area contributed by atoms with Crippen molar-refractivity contribution in [2.75, 3.05) is 0 Å². The summed E-state index contributed by atoms with van der Waals surface area (Å²) in [7, 11) is 0. The van der Waals surface area contributed by atoms with Crippen LogP contribution < -0.4 is 0 Å². The summed E-state index contributed by atoms with van der Waals surface area (Å²) in [6.07, 6.45) is 1.76. The second-order valence-electron chi connectivity index (χ2n) is 3.90. The quantitative estimate of drug-likeness (QED) is 0.619. The summed E-state index contributed by atoms with van der Waals surface area (Å²) >= 11 is 6.84. The average molecular weight is 364 g/mol. The lowest BCUT2D eigenvalue weighted by molar-refractivity contribution is 1.28. The highest BCUT2D eigenvalue weighted by atomic mass is 79.9. The Bertz CT molecular complexity index is 709. The molecule has 88 valence electrons. The maximum Gasteiger partial charge on any atom is 0.159 e. The van der Waals surface area contributed by atoms with Crippen LogP contribution in [-0.2, 0) is 0 Å². The van der Waals surface area contributed by atoms with Crippen molar-refractivity contribution in [1.82, 2.24) is 9.97 Å². The fourth-order valence-corrected chi connectivity index (χ4v) is 2.38. The number of nitrogens with zero attached hydrogens (tertiary/aromatic N) is 2. The lowest BCUT2D eigenvalue weighted by atomic mass is 10.1. The molecule has 0 amide bonds. The van der Waals surface area contributed by atoms with Crippen LogP contribution in [0.25, 0.3) is 22.3 Å². The molecule has 3 rings (SSSR count). The van der Waals surface area contributed by atoms with Crippen molar-refractivity contribution in [3.8, 4) is 11.3 Å². The van der Waals surface area contributed by atoms with Gasteiger partial charge < -0.3 is 0 Å². The highest BCUT2D eigenvalue weighted by molar-refractivity contribution is 9.10. The van der Waals surface area contributed by atoms with Gasteiger partial charge in [0.15, 0.2) is 5.65 Å². The van der Waals surface area contributed by atoms with E-state index in [1.165, 1.54) is 0 Å². The minimum atomic E-state index is 0.763. The highest BCUT2D eigenvalue weighted by Gasteiger charge is 2.02. The summed E-state index contributed by atoms with van der Waals surface area (Å²) in [6.45, 7) is 0. The molecule has 2 aromatic heterocycles. The number of aromatic nitrogens is 2. The Labute approximate surface area is 121 Å². The number of fused-ring (bicyclic) bond motifs is 1. The monoisotopic (exact) mass is 362 g/mol. The summed E-state index contributed by atoms with van der Waals surface area (Å²) in [6, 6.07) is 14.2. The van der Waals surface area contributed by atoms with E-state index in [4.69, 9.17) is 0 Å². The van der Waals surface area contributed by atoms with Gasteiger partial charge in [0.25, 0.3) is 0 Å². The third kappa shape index (κ3) is 2.31. The lowest BCUT2D eigenvalue weighted by Gasteiger charge is -2.03. The number of hydrogen-bond donors (Lipinski definition) is 0. The molecular formula is C14H8Br2N2. The fraction of sp³-hybridized carbons (Fsp3) is 0. The Balaban J connectivity index is 2.13. The van der Waals surface area contributed by atoms with Crippen LogP contribution in [0.2, 0.25) is 0 Å². The molecule has 0 fully saturated rings. The molecule has 0 N–H and O–H groups in total. The maximum absolute atomic E-state index is 4.57. The number of rotatable bonds is 1. The highest BCUT2D eigenvalue weighted by Crippen LogP contribution is 2.23. The van der Waals surface area contributed by atoms with Crippen LogP contribution in [-0.4, -0.2) is 9.97 Å². The molecule has 0 aliphatic carbocycles. The van der Waals surface area contributed by atoms with Crippen LogP contribution in [0.15, 0.2) is 57.6 Å². The first-order chi connectivity index (χ1) is 8.72. The topological polar surface area (TPSA) is 25.8 Å². The first-order valence-electron chi connectivity index (χ1n) is 5.41. The molecule has 0 unspecified atom stereocenters. The summed E-state index contributed by atoms with van der Waals surface area (Å²) in [4.78, 5) is 8.89. The van der Waals surface area contributed by atoms with E-state index in [-0.39, 0.29) is 0 Å². The van der Waals surface area contributed by atoms with Crippen LogP contribution in [0.3, 0.4) is 0 Å². The van der Waals surface area contributed by atoms with Gasteiger partial charge in [0, 0.05) is 26.1 Å². The van der Waals surface area contributed by atoms with Crippen LogP contribution in [0.1, 0.15) is 0 Å². The van der Waals surface area contributed by atoms with Crippen molar-refractivity contribution in [2.24, 2.45) is 0 Å². The second-order valence-corrected chi connectivity index (χ2v) is 5.73. The van der Waals surface area contributed by atoms with Gasteiger partial charge in [0.2, 0.25) is 0 Å². The third-order valence-electron chi connectivity index (χ3n) is 2.65. The number of pyridine rings is 2. The van der Waals surface area contributed by atoms with Gasteiger partial charge in [-0.05, 0) is 46.3 Å². The molecule has 2 heterocycles. The van der Waals surface area contributed by atoms with Crippen LogP contribution in [0.4, 0.5) is 0 Å². The summed E-state index contributed by atoms with van der Waals surface area (Å²) in [5.41, 5.74) is 2.79. The molecule has 18 heavy (non-hydrogen) atoms. The van der Waals surface area contributed by atoms with E-state index >= 15 is 0 Å². The average Bonchev–Trinajstić information content (AvgIpc) is 2.39. The Morgan fingerprint density at radius 2 is 1.61 bits per heavy atom. The summed E-state index contributed by atoms with van der Waals surface area (Å²) in [5.74, 6) is 0. The number of benzene rings is 1. The molecule has 0 spiro atoms. The molecule has 4 heteroatoms. The predicted molar refractivity (Wildman–Crippen MR) is 80.4 cm³/mol. The molecule has 2 nitrogen and oxygen atoms in total. The van der Waals surface area contributed by atoms with Crippen LogP contribution in [0.5, 0.6) is 0 Å². The fourth-order valence-electron chi connectivity index (χ4n) is 1.77. The van der Waals surface area contributed by atoms with Crippen molar-refractivity contribution < 1.29 is 0 Å². The Morgan fingerprint density at radius 3 is 2.39 bits per heavy atom. The van der Waals surface area contributed by atoms with Gasteiger partial charge in [-0.3, -0.25) is 0 Å². The van der Waals surface area contributed by atoms with E-state index < -0.39 is 0 Å². The molecule has 3 aromatic rings. The molecule has 0 radical (unpaired) electrons. The van der Waals surface area contributed by atoms with Crippen LogP contribution >= 0.6 is 31.9 Å². The Morgan fingerprint density at radius 1 is 0.833 bits per heavy atom. The van der Waals surface area contributed by atoms with Gasteiger partial charge in [0.05, 0.1) is 5.69 Å². The smallest absolute Gasteiger partial charge is 0.159 e. The summed E-state index contributed by atoms with van der Waals surface area (Å²) < 4.78 is 2.03. The van der Waals surface area contributed by atoms with Crippen molar-refractivity contribution in [2.45, 2.75) is 0 Å². The standard InChI is InChI=1S/C14H8Br2N2/c15-11-4-1-9(2-5-11)13-6-3-10-7-12(16)8-17-14(10)18-13/h1-8H. The molecule has 0 aliphatic rings. The first-order valence-corrected chi connectivity index (χ1v) is 6.99. The van der Waals surface area contributed by atoms with Gasteiger partial charge in [-0.2, -0.15) is 0 Å². The van der Waals surface area contributed by atoms with Crippen molar-refractivity contribution >= 4 is 42.9 Å². The van der Waals surface area contributed by atoms with Gasteiger partial charge in [-0.15, -0.1) is 0 Å². The van der Waals surface area contributed by atoms with Crippen molar-refractivity contribution in [1.29, 1.82) is 0 Å². The van der Waals surface area contributed by atoms with E-state index in [2.05, 4.69) is 41.8 Å². The molecule has 0 saturated carbocycles. The molecule has 0 aliphatic heterocycles. The van der Waals surface area contributed by atoms with Gasteiger partial charge >= 0.3 is 0 Å². The van der Waals surface area contributed by atoms with E-state index in [9.17, 15) is 0 Å².